The predicted molar refractivity (Wildman–Crippen MR) is 69.2 cm³/mol. The molecule has 0 atom stereocenters. The lowest BCUT2D eigenvalue weighted by atomic mass is 9.95. The SMILES string of the molecule is Cl.O.c1ccc2nc3c(cc2c1)CCCC3. The Morgan fingerprint density at radius 1 is 1.00 bits per heavy atom. The van der Waals surface area contributed by atoms with Gasteiger partial charge in [0.05, 0.1) is 5.52 Å². The molecule has 0 unspecified atom stereocenters. The summed E-state index contributed by atoms with van der Waals surface area (Å²) in [6.07, 6.45) is 5.01. The molecule has 0 bridgehead atoms. The molecule has 0 saturated carbocycles. The largest absolute Gasteiger partial charge is 0.412 e. The molecule has 0 spiro atoms. The monoisotopic (exact) mass is 237 g/mol. The zero-order valence-electron chi connectivity index (χ0n) is 9.07. The normalized spacial score (nSPS) is 13.5. The van der Waals surface area contributed by atoms with E-state index in [0.29, 0.717) is 0 Å². The average molecular weight is 238 g/mol. The van der Waals surface area contributed by atoms with Gasteiger partial charge in [0.15, 0.2) is 0 Å². The van der Waals surface area contributed by atoms with Gasteiger partial charge in [-0.25, -0.2) is 0 Å². The van der Waals surface area contributed by atoms with E-state index in [1.807, 2.05) is 0 Å². The lowest BCUT2D eigenvalue weighted by Gasteiger charge is -2.15. The van der Waals surface area contributed by atoms with Gasteiger partial charge >= 0.3 is 0 Å². The third kappa shape index (κ3) is 2.18. The maximum atomic E-state index is 4.72. The van der Waals surface area contributed by atoms with Crippen LogP contribution >= 0.6 is 12.4 Å². The second-order valence-electron chi connectivity index (χ2n) is 3.99. The van der Waals surface area contributed by atoms with E-state index in [1.54, 1.807) is 0 Å². The van der Waals surface area contributed by atoms with Crippen molar-refractivity contribution in [3.05, 3.63) is 41.6 Å². The van der Waals surface area contributed by atoms with E-state index in [0.717, 1.165) is 5.52 Å². The zero-order chi connectivity index (χ0) is 9.38. The van der Waals surface area contributed by atoms with Crippen LogP contribution in [-0.2, 0) is 12.8 Å². The fourth-order valence-electron chi connectivity index (χ4n) is 2.24. The van der Waals surface area contributed by atoms with Crippen molar-refractivity contribution in [1.29, 1.82) is 0 Å². The van der Waals surface area contributed by atoms with Crippen LogP contribution in [0.25, 0.3) is 10.9 Å². The van der Waals surface area contributed by atoms with Gasteiger partial charge in [-0.15, -0.1) is 12.4 Å². The minimum absolute atomic E-state index is 0. The lowest BCUT2D eigenvalue weighted by molar-refractivity contribution is 0.671. The molecule has 3 rings (SSSR count). The maximum absolute atomic E-state index is 4.72. The Labute approximate surface area is 101 Å². The molecule has 16 heavy (non-hydrogen) atoms. The summed E-state index contributed by atoms with van der Waals surface area (Å²) < 4.78 is 0. The van der Waals surface area contributed by atoms with Crippen LogP contribution in [-0.4, -0.2) is 10.5 Å². The van der Waals surface area contributed by atoms with Crippen LogP contribution < -0.4 is 0 Å². The van der Waals surface area contributed by atoms with E-state index in [2.05, 4.69) is 30.3 Å². The Bertz CT molecular complexity index is 440. The number of aryl methyl sites for hydroxylation is 2. The Balaban J connectivity index is 0.000000640. The van der Waals surface area contributed by atoms with E-state index < -0.39 is 0 Å². The molecule has 1 aliphatic carbocycles. The molecular formula is C13H16ClNO. The minimum atomic E-state index is 0. The van der Waals surface area contributed by atoms with E-state index in [1.165, 1.54) is 42.3 Å². The fraction of sp³-hybridized carbons (Fsp3) is 0.308. The second kappa shape index (κ2) is 5.28. The number of para-hydroxylation sites is 1. The fourth-order valence-corrected chi connectivity index (χ4v) is 2.24. The third-order valence-corrected chi connectivity index (χ3v) is 3.00. The summed E-state index contributed by atoms with van der Waals surface area (Å²) in [7, 11) is 0. The third-order valence-electron chi connectivity index (χ3n) is 3.00. The molecule has 3 heteroatoms. The molecule has 2 N–H and O–H groups in total. The summed E-state index contributed by atoms with van der Waals surface area (Å²) in [5.41, 5.74) is 3.94. The number of aromatic nitrogens is 1. The Morgan fingerprint density at radius 3 is 2.62 bits per heavy atom. The van der Waals surface area contributed by atoms with Crippen molar-refractivity contribution in [3.63, 3.8) is 0 Å². The molecule has 0 aliphatic heterocycles. The van der Waals surface area contributed by atoms with E-state index in [-0.39, 0.29) is 17.9 Å². The number of hydrogen-bond donors (Lipinski definition) is 0. The number of fused-ring (bicyclic) bond motifs is 2. The molecule has 1 aromatic carbocycles. The van der Waals surface area contributed by atoms with Gasteiger partial charge in [0.1, 0.15) is 0 Å². The highest BCUT2D eigenvalue weighted by Crippen LogP contribution is 2.23. The molecule has 86 valence electrons. The number of halogens is 1. The summed E-state index contributed by atoms with van der Waals surface area (Å²) in [6, 6.07) is 10.7. The topological polar surface area (TPSA) is 44.4 Å². The first kappa shape index (κ1) is 12.9. The van der Waals surface area contributed by atoms with Gasteiger partial charge < -0.3 is 5.48 Å². The van der Waals surface area contributed by atoms with Crippen LogP contribution in [0.2, 0.25) is 0 Å². The van der Waals surface area contributed by atoms with E-state index in [4.69, 9.17) is 4.98 Å². The highest BCUT2D eigenvalue weighted by molar-refractivity contribution is 5.85. The second-order valence-corrected chi connectivity index (χ2v) is 3.99. The molecule has 0 saturated heterocycles. The van der Waals surface area contributed by atoms with Crippen LogP contribution in [0.4, 0.5) is 0 Å². The van der Waals surface area contributed by atoms with Gasteiger partial charge in [0, 0.05) is 11.1 Å². The molecule has 0 amide bonds. The molecule has 0 fully saturated rings. The standard InChI is InChI=1S/C13H13N.ClH.H2O/c1-3-7-12-10(5-1)9-11-6-2-4-8-13(11)14-12;;/h1,3,5,7,9H,2,4,6,8H2;1H;1H2. The zero-order valence-corrected chi connectivity index (χ0v) is 9.89. The van der Waals surface area contributed by atoms with Crippen molar-refractivity contribution in [1.82, 2.24) is 4.98 Å². The molecule has 2 nitrogen and oxygen atoms in total. The van der Waals surface area contributed by atoms with E-state index in [9.17, 15) is 0 Å². The highest BCUT2D eigenvalue weighted by Gasteiger charge is 2.10. The van der Waals surface area contributed by atoms with Crippen molar-refractivity contribution >= 4 is 23.3 Å². The summed E-state index contributed by atoms with van der Waals surface area (Å²) in [6.45, 7) is 0. The smallest absolute Gasteiger partial charge is 0.0705 e. The van der Waals surface area contributed by atoms with Gasteiger partial charge in [-0.2, -0.15) is 0 Å². The van der Waals surface area contributed by atoms with Crippen LogP contribution in [0.1, 0.15) is 24.1 Å². The summed E-state index contributed by atoms with van der Waals surface area (Å²) in [4.78, 5) is 4.72. The van der Waals surface area contributed by atoms with Gasteiger partial charge in [0.25, 0.3) is 0 Å². The first-order chi connectivity index (χ1) is 6.93. The number of rotatable bonds is 0. The van der Waals surface area contributed by atoms with Crippen molar-refractivity contribution < 1.29 is 5.48 Å². The van der Waals surface area contributed by atoms with Gasteiger partial charge in [-0.05, 0) is 43.4 Å². The molecule has 2 aromatic rings. The number of pyridine rings is 1. The quantitative estimate of drug-likeness (QED) is 0.695. The van der Waals surface area contributed by atoms with Gasteiger partial charge in [-0.1, -0.05) is 18.2 Å². The molecule has 0 radical (unpaired) electrons. The van der Waals surface area contributed by atoms with Crippen molar-refractivity contribution in [3.8, 4) is 0 Å². The summed E-state index contributed by atoms with van der Waals surface area (Å²) in [5.74, 6) is 0. The number of benzene rings is 1. The summed E-state index contributed by atoms with van der Waals surface area (Å²) >= 11 is 0. The van der Waals surface area contributed by atoms with Crippen LogP contribution in [0.3, 0.4) is 0 Å². The number of nitrogens with zero attached hydrogens (tertiary/aromatic N) is 1. The van der Waals surface area contributed by atoms with E-state index >= 15 is 0 Å². The van der Waals surface area contributed by atoms with Crippen molar-refractivity contribution in [2.45, 2.75) is 25.7 Å². The minimum Gasteiger partial charge on any atom is -0.412 e. The predicted octanol–water partition coefficient (Wildman–Crippen LogP) is 2.71. The molecule has 1 aromatic heterocycles. The van der Waals surface area contributed by atoms with Gasteiger partial charge in [-0.3, -0.25) is 4.98 Å². The Kier molecular flexibility index (Phi) is 4.27. The first-order valence-corrected chi connectivity index (χ1v) is 5.31. The average Bonchev–Trinajstić information content (AvgIpc) is 2.26. The molecule has 1 aliphatic rings. The van der Waals surface area contributed by atoms with Crippen molar-refractivity contribution in [2.24, 2.45) is 0 Å². The highest BCUT2D eigenvalue weighted by atomic mass is 35.5. The molecule has 1 heterocycles. The van der Waals surface area contributed by atoms with Crippen LogP contribution in [0.15, 0.2) is 30.3 Å². The number of hydrogen-bond acceptors (Lipinski definition) is 1. The Morgan fingerprint density at radius 2 is 1.75 bits per heavy atom. The summed E-state index contributed by atoms with van der Waals surface area (Å²) in [5, 5.41) is 1.29. The maximum Gasteiger partial charge on any atom is 0.0705 e. The Hall–Kier alpha value is -1.12. The van der Waals surface area contributed by atoms with Crippen LogP contribution in [0.5, 0.6) is 0 Å². The van der Waals surface area contributed by atoms with Crippen molar-refractivity contribution in [2.75, 3.05) is 0 Å². The van der Waals surface area contributed by atoms with Crippen LogP contribution in [0, 0.1) is 0 Å². The van der Waals surface area contributed by atoms with Gasteiger partial charge in [0.2, 0.25) is 0 Å². The molecular weight excluding hydrogens is 222 g/mol. The first-order valence-electron chi connectivity index (χ1n) is 5.31. The lowest BCUT2D eigenvalue weighted by Crippen LogP contribution is -2.04.